The SMILES string of the molecule is C=CCNCC=C.CCCCC(F)(F)C(F)(F)C(F)(F)C(F)(F)C(F)(F)C(F)(F)C(F)(F)C(F)(F)S(=O)(=O)O. The smallest absolute Gasteiger partial charge is 0.310 e. The van der Waals surface area contributed by atoms with Crippen LogP contribution in [0.1, 0.15) is 26.2 Å². The number of halogens is 16. The van der Waals surface area contributed by atoms with Gasteiger partial charge in [0.2, 0.25) is 0 Å². The van der Waals surface area contributed by atoms with Gasteiger partial charge in [-0.2, -0.15) is 78.7 Å². The maximum Gasteiger partial charge on any atom is 0.438 e. The lowest BCUT2D eigenvalue weighted by atomic mass is 9.88. The zero-order valence-corrected chi connectivity index (χ0v) is 20.1. The van der Waals surface area contributed by atoms with E-state index in [1.807, 2.05) is 12.2 Å². The maximum absolute atomic E-state index is 13.5. The third-order valence-electron chi connectivity index (χ3n) is 4.54. The van der Waals surface area contributed by atoms with Crippen molar-refractivity contribution in [3.8, 4) is 0 Å². The van der Waals surface area contributed by atoms with E-state index in [0.29, 0.717) is 0 Å². The Morgan fingerprint density at radius 3 is 1.23 bits per heavy atom. The summed E-state index contributed by atoms with van der Waals surface area (Å²) < 4.78 is 241. The van der Waals surface area contributed by atoms with Gasteiger partial charge >= 0.3 is 56.8 Å². The van der Waals surface area contributed by atoms with Gasteiger partial charge in [0.25, 0.3) is 0 Å². The first-order chi connectivity index (χ1) is 17.0. The van der Waals surface area contributed by atoms with Crippen molar-refractivity contribution in [1.29, 1.82) is 0 Å². The predicted molar refractivity (Wildman–Crippen MR) is 104 cm³/mol. The van der Waals surface area contributed by atoms with Crippen LogP contribution >= 0.6 is 0 Å². The van der Waals surface area contributed by atoms with Crippen LogP contribution in [0.5, 0.6) is 0 Å². The summed E-state index contributed by atoms with van der Waals surface area (Å²) in [4.78, 5) is 0. The van der Waals surface area contributed by atoms with E-state index in [0.717, 1.165) is 20.0 Å². The fraction of sp³-hybridized carbons (Fsp3) is 0.778. The minimum Gasteiger partial charge on any atom is -0.310 e. The van der Waals surface area contributed by atoms with Crippen LogP contribution < -0.4 is 5.32 Å². The third kappa shape index (κ3) is 6.76. The minimum atomic E-state index is -8.73. The first kappa shape index (κ1) is 39.4. The summed E-state index contributed by atoms with van der Waals surface area (Å²) >= 11 is 0. The first-order valence-electron chi connectivity index (χ1n) is 9.89. The first-order valence-corrected chi connectivity index (χ1v) is 11.3. The van der Waals surface area contributed by atoms with Gasteiger partial charge < -0.3 is 5.32 Å². The van der Waals surface area contributed by atoms with Crippen molar-refractivity contribution < 1.29 is 83.2 Å². The molecule has 0 spiro atoms. The molecule has 39 heavy (non-hydrogen) atoms. The van der Waals surface area contributed by atoms with Crippen LogP contribution in [0, 0.1) is 0 Å². The van der Waals surface area contributed by atoms with Crippen molar-refractivity contribution in [1.82, 2.24) is 5.32 Å². The lowest BCUT2D eigenvalue weighted by molar-refractivity contribution is -0.449. The lowest BCUT2D eigenvalue weighted by Crippen LogP contribution is -2.75. The molecule has 0 atom stereocenters. The Labute approximate surface area is 210 Å². The average molecular weight is 635 g/mol. The highest BCUT2D eigenvalue weighted by molar-refractivity contribution is 7.87. The average Bonchev–Trinajstić information content (AvgIpc) is 2.76. The van der Waals surface area contributed by atoms with Gasteiger partial charge in [0.15, 0.2) is 0 Å². The van der Waals surface area contributed by atoms with Gasteiger partial charge in [0, 0.05) is 19.5 Å². The van der Waals surface area contributed by atoms with Crippen molar-refractivity contribution >= 4 is 10.1 Å². The Bertz CT molecular complexity index is 927. The number of rotatable bonds is 15. The quantitative estimate of drug-likeness (QED) is 0.0877. The summed E-state index contributed by atoms with van der Waals surface area (Å²) in [5.74, 6) is -56.6. The molecule has 0 aliphatic rings. The van der Waals surface area contributed by atoms with Gasteiger partial charge in [-0.15, -0.1) is 13.2 Å². The van der Waals surface area contributed by atoms with Gasteiger partial charge in [-0.3, -0.25) is 4.55 Å². The monoisotopic (exact) mass is 635 g/mol. The molecule has 2 N–H and O–H groups in total. The normalized spacial score (nSPS) is 14.9. The molecule has 0 radical (unpaired) electrons. The molecule has 0 saturated heterocycles. The second kappa shape index (κ2) is 12.4. The maximum atomic E-state index is 13.5. The van der Waals surface area contributed by atoms with Gasteiger partial charge in [-0.1, -0.05) is 25.5 Å². The molecule has 0 aromatic heterocycles. The van der Waals surface area contributed by atoms with E-state index in [1.54, 1.807) is 0 Å². The second-order valence-electron chi connectivity index (χ2n) is 7.48. The molecule has 0 fully saturated rings. The predicted octanol–water partition coefficient (Wildman–Crippen LogP) is 7.05. The van der Waals surface area contributed by atoms with E-state index < -0.39 is 76.1 Å². The standard InChI is InChI=1S/C12H10F16O3S.C6H11N/c1-2-3-4-5(13,14)6(15,16)7(17,18)8(19,20)9(21,22)10(23,24)11(25,26)12(27,28)32(29,30)31;1-3-5-7-6-4-2/h2-4H2,1H3,(H,29,30,31);3-4,7H,1-2,5-6H2. The highest BCUT2D eigenvalue weighted by atomic mass is 32.2. The molecule has 4 nitrogen and oxygen atoms in total. The van der Waals surface area contributed by atoms with Crippen LogP contribution in [0.2, 0.25) is 0 Å². The highest BCUT2D eigenvalue weighted by Crippen LogP contribution is 2.64. The number of unbranched alkanes of at least 4 members (excludes halogenated alkanes) is 1. The van der Waals surface area contributed by atoms with Gasteiger partial charge in [0.05, 0.1) is 0 Å². The molecule has 0 amide bonds. The molecule has 0 aromatic carbocycles. The molecule has 0 heterocycles. The Hall–Kier alpha value is -1.77. The largest absolute Gasteiger partial charge is 0.438 e. The van der Waals surface area contributed by atoms with Crippen LogP contribution in [0.3, 0.4) is 0 Å². The van der Waals surface area contributed by atoms with Crippen molar-refractivity contribution in [2.75, 3.05) is 13.1 Å². The molecule has 0 aliphatic carbocycles. The fourth-order valence-electron chi connectivity index (χ4n) is 2.21. The Balaban J connectivity index is 0. The fourth-order valence-corrected chi connectivity index (χ4v) is 2.66. The van der Waals surface area contributed by atoms with Gasteiger partial charge in [-0.25, -0.2) is 0 Å². The van der Waals surface area contributed by atoms with Crippen LogP contribution in [0.25, 0.3) is 0 Å². The second-order valence-corrected chi connectivity index (χ2v) is 8.94. The number of nitrogens with one attached hydrogen (secondary N) is 1. The third-order valence-corrected chi connectivity index (χ3v) is 5.45. The molecule has 0 saturated carbocycles. The molecule has 0 unspecified atom stereocenters. The Kier molecular flexibility index (Phi) is 12.5. The molecule has 21 heteroatoms. The molecule has 0 bridgehead atoms. The molecular weight excluding hydrogens is 614 g/mol. The summed E-state index contributed by atoms with van der Waals surface area (Å²) in [6, 6.07) is 0. The summed E-state index contributed by atoms with van der Waals surface area (Å²) in [6.45, 7) is 9.77. The van der Waals surface area contributed by atoms with Crippen molar-refractivity contribution in [2.24, 2.45) is 0 Å². The van der Waals surface area contributed by atoms with Crippen LogP contribution in [-0.2, 0) is 10.1 Å². The molecule has 0 rings (SSSR count). The lowest BCUT2D eigenvalue weighted by Gasteiger charge is -2.43. The van der Waals surface area contributed by atoms with Crippen LogP contribution in [-0.4, -0.2) is 72.8 Å². The molecular formula is C18H21F16NO3S. The van der Waals surface area contributed by atoms with Crippen molar-refractivity contribution in [2.45, 2.75) is 72.9 Å². The number of alkyl halides is 16. The van der Waals surface area contributed by atoms with E-state index in [9.17, 15) is 78.7 Å². The van der Waals surface area contributed by atoms with E-state index in [2.05, 4.69) is 18.5 Å². The molecule has 234 valence electrons. The number of hydrogen-bond acceptors (Lipinski definition) is 3. The Morgan fingerprint density at radius 2 is 0.949 bits per heavy atom. The van der Waals surface area contributed by atoms with E-state index in [4.69, 9.17) is 4.55 Å². The van der Waals surface area contributed by atoms with E-state index in [-0.39, 0.29) is 0 Å². The van der Waals surface area contributed by atoms with Gasteiger partial charge in [-0.05, 0) is 6.42 Å². The van der Waals surface area contributed by atoms with Crippen LogP contribution in [0.15, 0.2) is 25.3 Å². The van der Waals surface area contributed by atoms with E-state index >= 15 is 0 Å². The molecule has 0 aromatic rings. The topological polar surface area (TPSA) is 66.4 Å². The highest BCUT2D eigenvalue weighted by Gasteiger charge is 2.95. The Morgan fingerprint density at radius 1 is 0.641 bits per heavy atom. The summed E-state index contributed by atoms with van der Waals surface area (Å²) in [5, 5.41) is -4.72. The zero-order chi connectivity index (χ0) is 32.2. The van der Waals surface area contributed by atoms with E-state index in [1.165, 1.54) is 0 Å². The van der Waals surface area contributed by atoms with Crippen LogP contribution in [0.4, 0.5) is 70.2 Å². The van der Waals surface area contributed by atoms with Crippen molar-refractivity contribution in [3.63, 3.8) is 0 Å². The molecule has 0 aliphatic heterocycles. The number of hydrogen-bond donors (Lipinski definition) is 2. The van der Waals surface area contributed by atoms with Crippen molar-refractivity contribution in [3.05, 3.63) is 25.3 Å². The summed E-state index contributed by atoms with van der Waals surface area (Å²) in [6.07, 6.45) is -0.414. The minimum absolute atomic E-state index is 0.501. The van der Waals surface area contributed by atoms with Gasteiger partial charge in [0.1, 0.15) is 0 Å². The summed E-state index contributed by atoms with van der Waals surface area (Å²) in [7, 11) is -7.84. The zero-order valence-electron chi connectivity index (χ0n) is 19.3. The summed E-state index contributed by atoms with van der Waals surface area (Å²) in [5.41, 5.74) is 0.